The quantitative estimate of drug-likeness (QED) is 0.625. The Labute approximate surface area is 113 Å². The zero-order chi connectivity index (χ0) is 14.9. The lowest BCUT2D eigenvalue weighted by atomic mass is 10.2. The van der Waals surface area contributed by atoms with Crippen molar-refractivity contribution in [1.29, 1.82) is 0 Å². The molecule has 0 unspecified atom stereocenters. The molecule has 1 heterocycles. The molecule has 0 aliphatic rings. The molecule has 1 aromatic heterocycles. The highest BCUT2D eigenvalue weighted by Gasteiger charge is 2.20. The van der Waals surface area contributed by atoms with Gasteiger partial charge in [0.2, 0.25) is 0 Å². The maximum absolute atomic E-state index is 12.1. The molecule has 4 N–H and O–H groups in total. The van der Waals surface area contributed by atoms with Gasteiger partial charge in [-0.1, -0.05) is 5.10 Å². The van der Waals surface area contributed by atoms with Gasteiger partial charge in [0.1, 0.15) is 4.90 Å². The standard InChI is InChI=1S/C9H10N6O4S/c1-15-12-9(11-14-15)13-20(18,19)7-3-2-5(8(16)17)4-6(7)10/h2-4H,10H2,1H3,(H,12,13)(H,16,17). The summed E-state index contributed by atoms with van der Waals surface area (Å²) < 4.78 is 26.2. The second-order valence-electron chi connectivity index (χ2n) is 3.77. The summed E-state index contributed by atoms with van der Waals surface area (Å²) in [6, 6.07) is 3.29. The number of nitrogens with two attached hydrogens (primary N) is 1. The van der Waals surface area contributed by atoms with Gasteiger partial charge in [-0.05, 0) is 23.4 Å². The number of nitrogen functional groups attached to an aromatic ring is 1. The van der Waals surface area contributed by atoms with Gasteiger partial charge in [0.05, 0.1) is 18.3 Å². The molecule has 2 aromatic rings. The molecule has 11 heteroatoms. The highest BCUT2D eigenvalue weighted by Crippen LogP contribution is 2.21. The van der Waals surface area contributed by atoms with Crippen molar-refractivity contribution in [1.82, 2.24) is 20.2 Å². The summed E-state index contributed by atoms with van der Waals surface area (Å²) in [4.78, 5) is 11.6. The average molecular weight is 298 g/mol. The minimum atomic E-state index is -4.02. The number of aromatic carboxylic acids is 1. The lowest BCUT2D eigenvalue weighted by Crippen LogP contribution is -2.16. The molecule has 0 spiro atoms. The topological polar surface area (TPSA) is 153 Å². The number of nitrogens with one attached hydrogen (secondary N) is 1. The number of aryl methyl sites for hydroxylation is 1. The third-order valence-electron chi connectivity index (χ3n) is 2.28. The van der Waals surface area contributed by atoms with Crippen molar-refractivity contribution in [2.75, 3.05) is 10.5 Å². The fourth-order valence-corrected chi connectivity index (χ4v) is 2.47. The zero-order valence-electron chi connectivity index (χ0n) is 10.2. The third-order valence-corrected chi connectivity index (χ3v) is 3.68. The summed E-state index contributed by atoms with van der Waals surface area (Å²) in [5.41, 5.74) is 5.25. The Balaban J connectivity index is 2.37. The molecule has 10 nitrogen and oxygen atoms in total. The summed E-state index contributed by atoms with van der Waals surface area (Å²) in [5, 5.41) is 19.4. The summed E-state index contributed by atoms with van der Waals surface area (Å²) in [5.74, 6) is -1.42. The van der Waals surface area contributed by atoms with Gasteiger partial charge in [-0.2, -0.15) is 4.80 Å². The molecule has 0 atom stereocenters. The molecule has 0 saturated heterocycles. The van der Waals surface area contributed by atoms with Crippen LogP contribution in [0.15, 0.2) is 23.1 Å². The van der Waals surface area contributed by atoms with Crippen LogP contribution in [0.1, 0.15) is 10.4 Å². The van der Waals surface area contributed by atoms with E-state index < -0.39 is 16.0 Å². The van der Waals surface area contributed by atoms with Crippen molar-refractivity contribution in [3.8, 4) is 0 Å². The van der Waals surface area contributed by atoms with Gasteiger partial charge in [0.25, 0.3) is 16.0 Å². The first-order chi connectivity index (χ1) is 9.29. The van der Waals surface area contributed by atoms with E-state index in [4.69, 9.17) is 10.8 Å². The maximum Gasteiger partial charge on any atom is 0.335 e. The highest BCUT2D eigenvalue weighted by atomic mass is 32.2. The fraction of sp³-hybridized carbons (Fsp3) is 0.111. The number of carboxylic acids is 1. The van der Waals surface area contributed by atoms with Gasteiger partial charge in [0.15, 0.2) is 0 Å². The van der Waals surface area contributed by atoms with Gasteiger partial charge >= 0.3 is 5.97 Å². The SMILES string of the molecule is Cn1nnc(NS(=O)(=O)c2ccc(C(=O)O)cc2N)n1. The van der Waals surface area contributed by atoms with Gasteiger partial charge in [-0.15, -0.1) is 5.10 Å². The van der Waals surface area contributed by atoms with Crippen LogP contribution in [-0.2, 0) is 17.1 Å². The molecule has 20 heavy (non-hydrogen) atoms. The molecule has 2 rings (SSSR count). The number of benzene rings is 1. The smallest absolute Gasteiger partial charge is 0.335 e. The Hall–Kier alpha value is -2.69. The Morgan fingerprint density at radius 1 is 1.45 bits per heavy atom. The number of hydrogen-bond donors (Lipinski definition) is 3. The molecule has 0 bridgehead atoms. The maximum atomic E-state index is 12.1. The number of carboxylic acid groups (broad SMARTS) is 1. The predicted octanol–water partition coefficient (Wildman–Crippen LogP) is -0.709. The lowest BCUT2D eigenvalue weighted by molar-refractivity contribution is 0.0697. The van der Waals surface area contributed by atoms with E-state index >= 15 is 0 Å². The number of sulfonamides is 1. The van der Waals surface area contributed by atoms with Crippen molar-refractivity contribution in [3.63, 3.8) is 0 Å². The first-order valence-electron chi connectivity index (χ1n) is 5.19. The number of nitrogens with zero attached hydrogens (tertiary/aromatic N) is 4. The van der Waals surface area contributed by atoms with Crippen LogP contribution >= 0.6 is 0 Å². The van der Waals surface area contributed by atoms with Gasteiger partial charge in [-0.25, -0.2) is 17.9 Å². The number of anilines is 2. The van der Waals surface area contributed by atoms with E-state index in [0.717, 1.165) is 23.0 Å². The van der Waals surface area contributed by atoms with Crippen molar-refractivity contribution >= 4 is 27.6 Å². The Morgan fingerprint density at radius 3 is 2.65 bits per heavy atom. The fourth-order valence-electron chi connectivity index (χ4n) is 1.43. The molecular formula is C9H10N6O4S. The monoisotopic (exact) mass is 298 g/mol. The summed E-state index contributed by atoms with van der Waals surface area (Å²) in [6.45, 7) is 0. The molecule has 106 valence electrons. The second-order valence-corrected chi connectivity index (χ2v) is 5.42. The van der Waals surface area contributed by atoms with E-state index in [1.54, 1.807) is 0 Å². The molecule has 0 radical (unpaired) electrons. The second kappa shape index (κ2) is 4.77. The van der Waals surface area contributed by atoms with Gasteiger partial charge in [-0.3, -0.25) is 0 Å². The molecule has 0 amide bonds. The zero-order valence-corrected chi connectivity index (χ0v) is 11.0. The number of aromatic nitrogens is 4. The van der Waals surface area contributed by atoms with Crippen molar-refractivity contribution in [2.24, 2.45) is 7.05 Å². The Kier molecular flexibility index (Phi) is 3.28. The van der Waals surface area contributed by atoms with E-state index in [1.165, 1.54) is 7.05 Å². The van der Waals surface area contributed by atoms with E-state index in [2.05, 4.69) is 20.1 Å². The van der Waals surface area contributed by atoms with Crippen LogP contribution in [0.5, 0.6) is 0 Å². The van der Waals surface area contributed by atoms with Crippen LogP contribution in [0.3, 0.4) is 0 Å². The van der Waals surface area contributed by atoms with Crippen molar-refractivity contribution < 1.29 is 18.3 Å². The van der Waals surface area contributed by atoms with Crippen LogP contribution in [0, 0.1) is 0 Å². The number of rotatable bonds is 4. The van der Waals surface area contributed by atoms with Crippen LogP contribution in [-0.4, -0.2) is 39.7 Å². The van der Waals surface area contributed by atoms with E-state index in [9.17, 15) is 13.2 Å². The van der Waals surface area contributed by atoms with E-state index in [1.807, 2.05) is 0 Å². The minimum absolute atomic E-state index is 0.112. The van der Waals surface area contributed by atoms with Crippen molar-refractivity contribution in [3.05, 3.63) is 23.8 Å². The highest BCUT2D eigenvalue weighted by molar-refractivity contribution is 7.92. The molecule has 0 saturated carbocycles. The lowest BCUT2D eigenvalue weighted by Gasteiger charge is -2.07. The molecular weight excluding hydrogens is 288 g/mol. The first kappa shape index (κ1) is 13.7. The first-order valence-corrected chi connectivity index (χ1v) is 6.67. The average Bonchev–Trinajstić information content (AvgIpc) is 2.73. The van der Waals surface area contributed by atoms with Crippen LogP contribution in [0.4, 0.5) is 11.6 Å². The van der Waals surface area contributed by atoms with Gasteiger partial charge in [0, 0.05) is 0 Å². The normalized spacial score (nSPS) is 11.2. The number of carbonyl (C=O) groups is 1. The third kappa shape index (κ3) is 2.66. The number of hydrogen-bond acceptors (Lipinski definition) is 7. The Bertz CT molecular complexity index is 768. The summed E-state index contributed by atoms with van der Waals surface area (Å²) in [7, 11) is -2.55. The van der Waals surface area contributed by atoms with Gasteiger partial charge < -0.3 is 10.8 Å². The number of tetrazole rings is 1. The molecule has 0 fully saturated rings. The summed E-state index contributed by atoms with van der Waals surface area (Å²) >= 11 is 0. The Morgan fingerprint density at radius 2 is 2.15 bits per heavy atom. The molecule has 0 aliphatic carbocycles. The minimum Gasteiger partial charge on any atom is -0.478 e. The predicted molar refractivity (Wildman–Crippen MR) is 67.4 cm³/mol. The van der Waals surface area contributed by atoms with Crippen molar-refractivity contribution in [2.45, 2.75) is 4.90 Å². The molecule has 1 aromatic carbocycles. The van der Waals surface area contributed by atoms with E-state index in [-0.39, 0.29) is 22.1 Å². The molecule has 0 aliphatic heterocycles. The van der Waals surface area contributed by atoms with E-state index in [0.29, 0.717) is 0 Å². The summed E-state index contributed by atoms with van der Waals surface area (Å²) in [6.07, 6.45) is 0. The largest absolute Gasteiger partial charge is 0.478 e. The van der Waals surface area contributed by atoms with Crippen LogP contribution < -0.4 is 10.5 Å². The van der Waals surface area contributed by atoms with Crippen LogP contribution in [0.2, 0.25) is 0 Å². The van der Waals surface area contributed by atoms with Crippen LogP contribution in [0.25, 0.3) is 0 Å².